The van der Waals surface area contributed by atoms with Crippen LogP contribution in [0.3, 0.4) is 0 Å². The van der Waals surface area contributed by atoms with Crippen LogP contribution in [0.2, 0.25) is 0 Å². The van der Waals surface area contributed by atoms with Gasteiger partial charge in [0, 0.05) is 5.56 Å². The number of carbonyl (C=O) groups is 1. The standard InChI is InChI=1S/C20H19N3O/c24-19(18-14-17(22-23-18)15-8-3-1-4-9-15)21-20(12-7-13-20)16-10-5-2-6-11-16/h1-6,8-11,14H,7,12-13H2,(H,21,24)(H,22,23). The molecule has 0 saturated heterocycles. The molecule has 1 fully saturated rings. The van der Waals surface area contributed by atoms with Gasteiger partial charge in [0.15, 0.2) is 0 Å². The van der Waals surface area contributed by atoms with Crippen molar-refractivity contribution < 1.29 is 4.79 Å². The van der Waals surface area contributed by atoms with Crippen molar-refractivity contribution in [2.45, 2.75) is 24.8 Å². The Kier molecular flexibility index (Phi) is 3.65. The molecule has 0 radical (unpaired) electrons. The monoisotopic (exact) mass is 317 g/mol. The van der Waals surface area contributed by atoms with Crippen LogP contribution in [0.1, 0.15) is 35.3 Å². The Hall–Kier alpha value is -2.88. The zero-order valence-corrected chi connectivity index (χ0v) is 13.3. The first-order valence-electron chi connectivity index (χ1n) is 8.26. The lowest BCUT2D eigenvalue weighted by molar-refractivity contribution is 0.0818. The van der Waals surface area contributed by atoms with E-state index < -0.39 is 0 Å². The van der Waals surface area contributed by atoms with Crippen molar-refractivity contribution in [1.82, 2.24) is 15.5 Å². The summed E-state index contributed by atoms with van der Waals surface area (Å²) >= 11 is 0. The highest BCUT2D eigenvalue weighted by Crippen LogP contribution is 2.41. The summed E-state index contributed by atoms with van der Waals surface area (Å²) in [6.45, 7) is 0. The number of hydrogen-bond acceptors (Lipinski definition) is 2. The molecule has 1 aliphatic carbocycles. The molecule has 1 amide bonds. The maximum Gasteiger partial charge on any atom is 0.270 e. The van der Waals surface area contributed by atoms with E-state index in [1.807, 2.05) is 54.6 Å². The second-order valence-electron chi connectivity index (χ2n) is 6.29. The molecule has 2 aromatic carbocycles. The average molecular weight is 317 g/mol. The summed E-state index contributed by atoms with van der Waals surface area (Å²) in [5.41, 5.74) is 3.21. The van der Waals surface area contributed by atoms with E-state index in [0.717, 1.165) is 30.5 Å². The molecule has 2 N–H and O–H groups in total. The molecule has 24 heavy (non-hydrogen) atoms. The zero-order valence-electron chi connectivity index (χ0n) is 13.3. The number of H-pyrrole nitrogens is 1. The van der Waals surface area contributed by atoms with Crippen LogP contribution < -0.4 is 5.32 Å². The first-order valence-corrected chi connectivity index (χ1v) is 8.26. The molecule has 0 spiro atoms. The van der Waals surface area contributed by atoms with Crippen molar-refractivity contribution >= 4 is 5.91 Å². The van der Waals surface area contributed by atoms with Crippen LogP contribution in [0.5, 0.6) is 0 Å². The van der Waals surface area contributed by atoms with Crippen molar-refractivity contribution in [3.8, 4) is 11.3 Å². The molecule has 4 rings (SSSR count). The smallest absolute Gasteiger partial charge is 0.270 e. The molecule has 0 atom stereocenters. The fraction of sp³-hybridized carbons (Fsp3) is 0.200. The minimum atomic E-state index is -0.240. The number of carbonyl (C=O) groups excluding carboxylic acids is 1. The summed E-state index contributed by atoms with van der Waals surface area (Å²) in [7, 11) is 0. The molecule has 1 aromatic heterocycles. The second kappa shape index (κ2) is 5.96. The van der Waals surface area contributed by atoms with Crippen LogP contribution in [-0.2, 0) is 5.54 Å². The van der Waals surface area contributed by atoms with E-state index in [-0.39, 0.29) is 11.4 Å². The highest BCUT2D eigenvalue weighted by atomic mass is 16.2. The third-order valence-corrected chi connectivity index (χ3v) is 4.78. The van der Waals surface area contributed by atoms with E-state index in [1.165, 1.54) is 5.56 Å². The van der Waals surface area contributed by atoms with Gasteiger partial charge < -0.3 is 5.32 Å². The topological polar surface area (TPSA) is 57.8 Å². The van der Waals surface area contributed by atoms with Gasteiger partial charge in [0.1, 0.15) is 5.69 Å². The van der Waals surface area contributed by atoms with Crippen molar-refractivity contribution in [1.29, 1.82) is 0 Å². The van der Waals surface area contributed by atoms with Crippen LogP contribution in [0.15, 0.2) is 66.7 Å². The highest BCUT2D eigenvalue weighted by Gasteiger charge is 2.40. The summed E-state index contributed by atoms with van der Waals surface area (Å²) in [5.74, 6) is -0.103. The Bertz CT molecular complexity index is 836. The number of nitrogens with zero attached hydrogens (tertiary/aromatic N) is 1. The fourth-order valence-electron chi connectivity index (χ4n) is 3.25. The summed E-state index contributed by atoms with van der Waals surface area (Å²) < 4.78 is 0. The van der Waals surface area contributed by atoms with Gasteiger partial charge in [0.2, 0.25) is 0 Å². The van der Waals surface area contributed by atoms with Crippen molar-refractivity contribution in [2.24, 2.45) is 0 Å². The van der Waals surface area contributed by atoms with E-state index in [0.29, 0.717) is 5.69 Å². The van der Waals surface area contributed by atoms with E-state index in [2.05, 4.69) is 27.6 Å². The Balaban J connectivity index is 1.55. The number of rotatable bonds is 4. The Morgan fingerprint density at radius 2 is 1.67 bits per heavy atom. The SMILES string of the molecule is O=C(NC1(c2ccccc2)CCC1)c1cc(-c2ccccc2)n[nH]1. The number of aromatic nitrogens is 2. The van der Waals surface area contributed by atoms with Gasteiger partial charge >= 0.3 is 0 Å². The summed E-state index contributed by atoms with van der Waals surface area (Å²) in [5, 5.41) is 10.3. The predicted molar refractivity (Wildman–Crippen MR) is 93.5 cm³/mol. The van der Waals surface area contributed by atoms with Gasteiger partial charge in [-0.05, 0) is 30.9 Å². The first-order chi connectivity index (χ1) is 11.8. The number of amides is 1. The van der Waals surface area contributed by atoms with Crippen molar-refractivity contribution in [3.63, 3.8) is 0 Å². The Morgan fingerprint density at radius 3 is 2.29 bits per heavy atom. The Labute approximate surface area is 140 Å². The fourth-order valence-corrected chi connectivity index (χ4v) is 3.25. The lowest BCUT2D eigenvalue weighted by Crippen LogP contribution is -2.50. The number of nitrogens with one attached hydrogen (secondary N) is 2. The van der Waals surface area contributed by atoms with Gasteiger partial charge in [0.25, 0.3) is 5.91 Å². The summed E-state index contributed by atoms with van der Waals surface area (Å²) in [6.07, 6.45) is 3.08. The lowest BCUT2D eigenvalue weighted by Gasteiger charge is -2.43. The van der Waals surface area contributed by atoms with Crippen LogP contribution >= 0.6 is 0 Å². The molecule has 4 nitrogen and oxygen atoms in total. The molecule has 120 valence electrons. The van der Waals surface area contributed by atoms with Crippen LogP contribution in [0, 0.1) is 0 Å². The van der Waals surface area contributed by atoms with Gasteiger partial charge in [-0.1, -0.05) is 60.7 Å². The molecule has 4 heteroatoms. The van der Waals surface area contributed by atoms with E-state index in [4.69, 9.17) is 0 Å². The van der Waals surface area contributed by atoms with Gasteiger partial charge in [-0.25, -0.2) is 0 Å². The molecular weight excluding hydrogens is 298 g/mol. The maximum atomic E-state index is 12.7. The molecule has 1 heterocycles. The molecule has 3 aromatic rings. The molecule has 1 aliphatic rings. The van der Waals surface area contributed by atoms with Gasteiger partial charge in [0.05, 0.1) is 11.2 Å². The minimum Gasteiger partial charge on any atom is -0.341 e. The van der Waals surface area contributed by atoms with Gasteiger partial charge in [-0.3, -0.25) is 9.89 Å². The predicted octanol–water partition coefficient (Wildman–Crippen LogP) is 3.89. The molecule has 0 bridgehead atoms. The Morgan fingerprint density at radius 1 is 1.00 bits per heavy atom. The summed E-state index contributed by atoms with van der Waals surface area (Å²) in [6, 6.07) is 21.9. The van der Waals surface area contributed by atoms with E-state index >= 15 is 0 Å². The van der Waals surface area contributed by atoms with Gasteiger partial charge in [-0.15, -0.1) is 0 Å². The summed E-state index contributed by atoms with van der Waals surface area (Å²) in [4.78, 5) is 12.7. The molecule has 1 saturated carbocycles. The zero-order chi connectivity index (χ0) is 16.4. The van der Waals surface area contributed by atoms with Crippen LogP contribution in [0.25, 0.3) is 11.3 Å². The van der Waals surface area contributed by atoms with E-state index in [9.17, 15) is 4.79 Å². The maximum absolute atomic E-state index is 12.7. The second-order valence-corrected chi connectivity index (χ2v) is 6.29. The number of aromatic amines is 1. The highest BCUT2D eigenvalue weighted by molar-refractivity contribution is 5.94. The normalized spacial score (nSPS) is 15.5. The van der Waals surface area contributed by atoms with Crippen molar-refractivity contribution in [3.05, 3.63) is 78.0 Å². The van der Waals surface area contributed by atoms with E-state index in [1.54, 1.807) is 0 Å². The van der Waals surface area contributed by atoms with Crippen LogP contribution in [-0.4, -0.2) is 16.1 Å². The molecule has 0 unspecified atom stereocenters. The first kappa shape index (κ1) is 14.7. The molecule has 0 aliphatic heterocycles. The molecular formula is C20H19N3O. The lowest BCUT2D eigenvalue weighted by atomic mass is 9.71. The average Bonchev–Trinajstić information content (AvgIpc) is 3.10. The third-order valence-electron chi connectivity index (χ3n) is 4.78. The minimum absolute atomic E-state index is 0.103. The largest absolute Gasteiger partial charge is 0.341 e. The quantitative estimate of drug-likeness (QED) is 0.767. The van der Waals surface area contributed by atoms with Gasteiger partial charge in [-0.2, -0.15) is 5.10 Å². The van der Waals surface area contributed by atoms with Crippen LogP contribution in [0.4, 0.5) is 0 Å². The number of benzene rings is 2. The van der Waals surface area contributed by atoms with Crippen molar-refractivity contribution in [2.75, 3.05) is 0 Å². The third kappa shape index (κ3) is 2.60. The number of hydrogen-bond donors (Lipinski definition) is 2.